The van der Waals surface area contributed by atoms with Gasteiger partial charge < -0.3 is 19.0 Å². The lowest BCUT2D eigenvalue weighted by Gasteiger charge is -2.13. The van der Waals surface area contributed by atoms with Crippen molar-refractivity contribution in [3.8, 4) is 5.75 Å². The summed E-state index contributed by atoms with van der Waals surface area (Å²) in [6.07, 6.45) is 0.910. The van der Waals surface area contributed by atoms with Crippen LogP contribution in [-0.2, 0) is 11.3 Å². The number of benzene rings is 1. The number of ether oxygens (including phenoxy) is 2. The van der Waals surface area contributed by atoms with E-state index in [0.717, 1.165) is 10.2 Å². The molecule has 19 heavy (non-hydrogen) atoms. The summed E-state index contributed by atoms with van der Waals surface area (Å²) in [4.78, 5) is 0. The zero-order valence-corrected chi connectivity index (χ0v) is 11.9. The first-order valence-electron chi connectivity index (χ1n) is 5.91. The number of furan rings is 1. The predicted octanol–water partition coefficient (Wildman–Crippen LogP) is 3.00. The molecular formula is C14H15BrO4. The third-order valence-corrected chi connectivity index (χ3v) is 3.06. The van der Waals surface area contributed by atoms with E-state index < -0.39 is 6.10 Å². The van der Waals surface area contributed by atoms with Crippen molar-refractivity contribution in [1.82, 2.24) is 0 Å². The molecule has 102 valence electrons. The van der Waals surface area contributed by atoms with Gasteiger partial charge in [-0.05, 0) is 40.2 Å². The van der Waals surface area contributed by atoms with Crippen LogP contribution in [0.1, 0.15) is 5.76 Å². The number of rotatable bonds is 7. The molecule has 0 spiro atoms. The Morgan fingerprint density at radius 2 is 2.00 bits per heavy atom. The maximum absolute atomic E-state index is 9.73. The molecule has 0 amide bonds. The van der Waals surface area contributed by atoms with Crippen molar-refractivity contribution in [3.63, 3.8) is 0 Å². The van der Waals surface area contributed by atoms with Crippen LogP contribution < -0.4 is 4.74 Å². The SMILES string of the molecule is O[C@@H](COCc1ccco1)COc1ccccc1Br. The highest BCUT2D eigenvalue weighted by atomic mass is 79.9. The minimum absolute atomic E-state index is 0.181. The molecule has 5 heteroatoms. The Kier molecular flexibility index (Phi) is 5.44. The van der Waals surface area contributed by atoms with E-state index in [2.05, 4.69) is 15.9 Å². The molecule has 1 atom stereocenters. The maximum Gasteiger partial charge on any atom is 0.133 e. The summed E-state index contributed by atoms with van der Waals surface area (Å²) >= 11 is 3.37. The molecule has 2 aromatic rings. The van der Waals surface area contributed by atoms with Gasteiger partial charge in [-0.2, -0.15) is 0 Å². The van der Waals surface area contributed by atoms with E-state index in [-0.39, 0.29) is 13.2 Å². The number of hydrogen-bond acceptors (Lipinski definition) is 4. The highest BCUT2D eigenvalue weighted by Gasteiger charge is 2.07. The van der Waals surface area contributed by atoms with Crippen LogP contribution in [0.25, 0.3) is 0 Å². The van der Waals surface area contributed by atoms with Crippen molar-refractivity contribution in [2.45, 2.75) is 12.7 Å². The van der Waals surface area contributed by atoms with E-state index in [9.17, 15) is 5.11 Å². The quantitative estimate of drug-likeness (QED) is 0.849. The number of hydrogen-bond donors (Lipinski definition) is 1. The molecule has 2 rings (SSSR count). The highest BCUT2D eigenvalue weighted by Crippen LogP contribution is 2.23. The van der Waals surface area contributed by atoms with Crippen LogP contribution >= 0.6 is 15.9 Å². The van der Waals surface area contributed by atoms with Crippen molar-refractivity contribution >= 4 is 15.9 Å². The largest absolute Gasteiger partial charge is 0.490 e. The summed E-state index contributed by atoms with van der Waals surface area (Å²) < 4.78 is 16.8. The molecule has 0 aliphatic carbocycles. The van der Waals surface area contributed by atoms with E-state index in [1.807, 2.05) is 30.3 Å². The second kappa shape index (κ2) is 7.33. The molecule has 1 N–H and O–H groups in total. The van der Waals surface area contributed by atoms with Crippen molar-refractivity contribution in [2.75, 3.05) is 13.2 Å². The van der Waals surface area contributed by atoms with Crippen LogP contribution in [0.4, 0.5) is 0 Å². The molecule has 0 saturated heterocycles. The smallest absolute Gasteiger partial charge is 0.133 e. The standard InChI is InChI=1S/C14H15BrO4/c15-13-5-1-2-6-14(13)19-9-11(16)8-17-10-12-4-3-7-18-12/h1-7,11,16H,8-10H2/t11-/m0/s1. The fourth-order valence-corrected chi connectivity index (χ4v) is 1.89. The average Bonchev–Trinajstić information content (AvgIpc) is 2.91. The van der Waals surface area contributed by atoms with Gasteiger partial charge in [-0.25, -0.2) is 0 Å². The number of aliphatic hydroxyl groups is 1. The molecule has 0 bridgehead atoms. The third kappa shape index (κ3) is 4.70. The van der Waals surface area contributed by atoms with E-state index >= 15 is 0 Å². The number of halogens is 1. The third-order valence-electron chi connectivity index (χ3n) is 2.40. The molecule has 0 aliphatic heterocycles. The molecule has 0 radical (unpaired) electrons. The van der Waals surface area contributed by atoms with Crippen LogP contribution in [-0.4, -0.2) is 24.4 Å². The topological polar surface area (TPSA) is 51.8 Å². The number of aliphatic hydroxyl groups excluding tert-OH is 1. The van der Waals surface area contributed by atoms with Gasteiger partial charge in [0.25, 0.3) is 0 Å². The lowest BCUT2D eigenvalue weighted by molar-refractivity contribution is 0.000758. The molecular weight excluding hydrogens is 312 g/mol. The Balaban J connectivity index is 1.67. The minimum atomic E-state index is -0.679. The van der Waals surface area contributed by atoms with Gasteiger partial charge in [0, 0.05) is 0 Å². The molecule has 4 nitrogen and oxygen atoms in total. The average molecular weight is 327 g/mol. The van der Waals surface area contributed by atoms with Gasteiger partial charge in [0.15, 0.2) is 0 Å². The summed E-state index contributed by atoms with van der Waals surface area (Å²) in [6.45, 7) is 0.727. The normalized spacial score (nSPS) is 12.3. The Hall–Kier alpha value is -1.30. The van der Waals surface area contributed by atoms with Crippen LogP contribution in [0.5, 0.6) is 5.75 Å². The zero-order valence-electron chi connectivity index (χ0n) is 10.3. The Morgan fingerprint density at radius 1 is 1.16 bits per heavy atom. The first-order chi connectivity index (χ1) is 9.25. The Labute approximate surface area is 120 Å². The summed E-state index contributed by atoms with van der Waals surface area (Å²) in [7, 11) is 0. The van der Waals surface area contributed by atoms with Crippen LogP contribution in [0, 0.1) is 0 Å². The van der Waals surface area contributed by atoms with Gasteiger partial charge >= 0.3 is 0 Å². The first-order valence-corrected chi connectivity index (χ1v) is 6.70. The van der Waals surface area contributed by atoms with Gasteiger partial charge in [0.2, 0.25) is 0 Å². The predicted molar refractivity (Wildman–Crippen MR) is 74.0 cm³/mol. The minimum Gasteiger partial charge on any atom is -0.490 e. The second-order valence-electron chi connectivity index (χ2n) is 3.99. The molecule has 0 fully saturated rings. The fraction of sp³-hybridized carbons (Fsp3) is 0.286. The summed E-state index contributed by atoms with van der Waals surface area (Å²) in [5.41, 5.74) is 0. The second-order valence-corrected chi connectivity index (χ2v) is 4.84. The van der Waals surface area contributed by atoms with Crippen LogP contribution in [0.15, 0.2) is 51.6 Å². The molecule has 0 saturated carbocycles. The van der Waals surface area contributed by atoms with Crippen molar-refractivity contribution in [3.05, 3.63) is 52.9 Å². The highest BCUT2D eigenvalue weighted by molar-refractivity contribution is 9.10. The lowest BCUT2D eigenvalue weighted by atomic mass is 10.3. The monoisotopic (exact) mass is 326 g/mol. The van der Waals surface area contributed by atoms with Crippen molar-refractivity contribution in [1.29, 1.82) is 0 Å². The van der Waals surface area contributed by atoms with Gasteiger partial charge in [0.05, 0.1) is 17.3 Å². The lowest BCUT2D eigenvalue weighted by Crippen LogP contribution is -2.23. The molecule has 0 unspecified atom stereocenters. The van der Waals surface area contributed by atoms with E-state index in [4.69, 9.17) is 13.9 Å². The molecule has 1 heterocycles. The zero-order chi connectivity index (χ0) is 13.5. The van der Waals surface area contributed by atoms with Gasteiger partial charge in [-0.3, -0.25) is 0 Å². The van der Waals surface area contributed by atoms with Crippen LogP contribution in [0.2, 0.25) is 0 Å². The fourth-order valence-electron chi connectivity index (χ4n) is 1.49. The van der Waals surface area contributed by atoms with E-state index in [1.54, 1.807) is 12.3 Å². The van der Waals surface area contributed by atoms with Crippen molar-refractivity contribution in [2.24, 2.45) is 0 Å². The van der Waals surface area contributed by atoms with Crippen molar-refractivity contribution < 1.29 is 19.0 Å². The van der Waals surface area contributed by atoms with Gasteiger partial charge in [-0.1, -0.05) is 12.1 Å². The van der Waals surface area contributed by atoms with Crippen LogP contribution in [0.3, 0.4) is 0 Å². The molecule has 1 aromatic heterocycles. The first kappa shape index (κ1) is 14.1. The van der Waals surface area contributed by atoms with Gasteiger partial charge in [-0.15, -0.1) is 0 Å². The summed E-state index contributed by atoms with van der Waals surface area (Å²) in [6, 6.07) is 11.1. The Morgan fingerprint density at radius 3 is 2.74 bits per heavy atom. The molecule has 0 aliphatic rings. The molecule has 1 aromatic carbocycles. The van der Waals surface area contributed by atoms with E-state index in [0.29, 0.717) is 12.4 Å². The maximum atomic E-state index is 9.73. The summed E-state index contributed by atoms with van der Waals surface area (Å²) in [5, 5.41) is 9.73. The Bertz CT molecular complexity index is 484. The summed E-state index contributed by atoms with van der Waals surface area (Å²) in [5.74, 6) is 1.44. The number of para-hydroxylation sites is 1. The van der Waals surface area contributed by atoms with E-state index in [1.165, 1.54) is 0 Å². The van der Waals surface area contributed by atoms with Gasteiger partial charge in [0.1, 0.15) is 30.8 Å².